The Morgan fingerprint density at radius 1 is 1.88 bits per heavy atom. The third-order valence-electron chi connectivity index (χ3n) is 0.407. The molecule has 0 aliphatic carbocycles. The molecule has 0 amide bonds. The van der Waals surface area contributed by atoms with Gasteiger partial charge in [-0.3, -0.25) is 0 Å². The maximum absolute atomic E-state index is 9.67. The largest absolute Gasteiger partial charge is 0.472 e. The van der Waals surface area contributed by atoms with Crippen molar-refractivity contribution in [1.82, 2.24) is 0 Å². The van der Waals surface area contributed by atoms with E-state index in [1.807, 2.05) is 5.92 Å². The van der Waals surface area contributed by atoms with Crippen LogP contribution in [0.25, 0.3) is 0 Å². The van der Waals surface area contributed by atoms with E-state index < -0.39 is 5.97 Å². The molecule has 0 fully saturated rings. The first-order chi connectivity index (χ1) is 3.63. The van der Waals surface area contributed by atoms with Crippen LogP contribution in [0.1, 0.15) is 6.92 Å². The van der Waals surface area contributed by atoms with Gasteiger partial charge in [0.2, 0.25) is 0 Å². The van der Waals surface area contributed by atoms with E-state index in [-0.39, 0.29) is 6.04 Å². The standard InChI is InChI=1S/C5H7NO2/c1-4(6)2-3-5(7)8/h4H,6H2,1H3,(H,7,8)/t4-/m0/s1. The minimum absolute atomic E-state index is 0.355. The Bertz CT molecular complexity index is 140. The second-order valence-electron chi connectivity index (χ2n) is 1.36. The van der Waals surface area contributed by atoms with Crippen molar-refractivity contribution in [2.75, 3.05) is 0 Å². The highest BCUT2D eigenvalue weighted by Crippen LogP contribution is 1.66. The summed E-state index contributed by atoms with van der Waals surface area (Å²) in [5.74, 6) is 3.02. The van der Waals surface area contributed by atoms with Crippen LogP contribution in [0.5, 0.6) is 0 Å². The fourth-order valence-electron chi connectivity index (χ4n) is 0.176. The fourth-order valence-corrected chi connectivity index (χ4v) is 0.176. The molecule has 0 bridgehead atoms. The lowest BCUT2D eigenvalue weighted by molar-refractivity contribution is -0.130. The van der Waals surface area contributed by atoms with Crippen LogP contribution in [0.2, 0.25) is 0 Å². The zero-order chi connectivity index (χ0) is 6.57. The molecule has 0 aliphatic heterocycles. The number of rotatable bonds is 0. The molecule has 0 unspecified atom stereocenters. The molecular weight excluding hydrogens is 106 g/mol. The quantitative estimate of drug-likeness (QED) is 0.413. The lowest BCUT2D eigenvalue weighted by Crippen LogP contribution is -2.11. The molecule has 0 saturated heterocycles. The molecule has 1 atom stereocenters. The third kappa shape index (κ3) is 4.99. The maximum atomic E-state index is 9.67. The highest BCUT2D eigenvalue weighted by molar-refractivity contribution is 5.86. The highest BCUT2D eigenvalue weighted by Gasteiger charge is 1.84. The molecule has 0 aromatic carbocycles. The Hall–Kier alpha value is -1.01. The summed E-state index contributed by atoms with van der Waals surface area (Å²) in [5, 5.41) is 7.93. The van der Waals surface area contributed by atoms with E-state index in [9.17, 15) is 4.79 Å². The van der Waals surface area contributed by atoms with Gasteiger partial charge in [0.15, 0.2) is 0 Å². The van der Waals surface area contributed by atoms with Crippen LogP contribution in [0.4, 0.5) is 0 Å². The summed E-state index contributed by atoms with van der Waals surface area (Å²) in [6, 6.07) is -0.355. The van der Waals surface area contributed by atoms with Gasteiger partial charge in [-0.25, -0.2) is 4.79 Å². The van der Waals surface area contributed by atoms with E-state index in [1.165, 1.54) is 0 Å². The van der Waals surface area contributed by atoms with Crippen molar-refractivity contribution in [3.8, 4) is 11.8 Å². The topological polar surface area (TPSA) is 63.3 Å². The lowest BCUT2D eigenvalue weighted by atomic mass is 10.4. The molecule has 0 saturated carbocycles. The Balaban J connectivity index is 3.68. The van der Waals surface area contributed by atoms with Gasteiger partial charge in [-0.1, -0.05) is 5.92 Å². The molecule has 8 heavy (non-hydrogen) atoms. The van der Waals surface area contributed by atoms with Crippen LogP contribution in [-0.2, 0) is 4.79 Å². The van der Waals surface area contributed by atoms with Gasteiger partial charge in [0.05, 0.1) is 6.04 Å². The van der Waals surface area contributed by atoms with Crippen molar-refractivity contribution in [3.05, 3.63) is 0 Å². The van der Waals surface area contributed by atoms with Gasteiger partial charge in [-0.2, -0.15) is 0 Å². The van der Waals surface area contributed by atoms with Gasteiger partial charge in [-0.05, 0) is 6.92 Å². The van der Waals surface area contributed by atoms with Crippen LogP contribution in [0.15, 0.2) is 0 Å². The highest BCUT2D eigenvalue weighted by atomic mass is 16.4. The third-order valence-corrected chi connectivity index (χ3v) is 0.407. The van der Waals surface area contributed by atoms with Gasteiger partial charge < -0.3 is 10.8 Å². The first-order valence-electron chi connectivity index (χ1n) is 2.13. The van der Waals surface area contributed by atoms with E-state index in [2.05, 4.69) is 5.92 Å². The van der Waals surface area contributed by atoms with Gasteiger partial charge >= 0.3 is 5.97 Å². The van der Waals surface area contributed by atoms with E-state index in [1.54, 1.807) is 6.92 Å². The van der Waals surface area contributed by atoms with Crippen LogP contribution >= 0.6 is 0 Å². The number of carboxylic acids is 1. The van der Waals surface area contributed by atoms with Crippen LogP contribution in [-0.4, -0.2) is 17.1 Å². The van der Waals surface area contributed by atoms with Crippen molar-refractivity contribution < 1.29 is 9.90 Å². The first kappa shape index (κ1) is 6.99. The summed E-state index contributed by atoms with van der Waals surface area (Å²) >= 11 is 0. The Morgan fingerprint density at radius 3 is 2.50 bits per heavy atom. The van der Waals surface area contributed by atoms with Gasteiger partial charge in [0, 0.05) is 5.92 Å². The summed E-state index contributed by atoms with van der Waals surface area (Å²) in [6.07, 6.45) is 0. The lowest BCUT2D eigenvalue weighted by Gasteiger charge is -1.84. The normalized spacial score (nSPS) is 11.2. The van der Waals surface area contributed by atoms with Crippen molar-refractivity contribution in [3.63, 3.8) is 0 Å². The molecule has 0 radical (unpaired) electrons. The number of carbonyl (C=O) groups is 1. The molecule has 3 heteroatoms. The molecule has 44 valence electrons. The van der Waals surface area contributed by atoms with Crippen LogP contribution < -0.4 is 5.73 Å². The molecule has 0 rings (SSSR count). The van der Waals surface area contributed by atoms with Crippen molar-refractivity contribution >= 4 is 5.97 Å². The summed E-state index contributed by atoms with van der Waals surface area (Å²) in [6.45, 7) is 1.62. The molecule has 3 N–H and O–H groups in total. The zero-order valence-electron chi connectivity index (χ0n) is 4.51. The van der Waals surface area contributed by atoms with Crippen LogP contribution in [0, 0.1) is 11.8 Å². The van der Waals surface area contributed by atoms with E-state index in [4.69, 9.17) is 10.8 Å². The Morgan fingerprint density at radius 2 is 2.38 bits per heavy atom. The predicted molar refractivity (Wildman–Crippen MR) is 29.1 cm³/mol. The summed E-state index contributed by atoms with van der Waals surface area (Å²) in [5.41, 5.74) is 5.10. The molecule has 0 aliphatic rings. The van der Waals surface area contributed by atoms with Crippen molar-refractivity contribution in [2.24, 2.45) is 5.73 Å². The van der Waals surface area contributed by atoms with E-state index in [0.29, 0.717) is 0 Å². The summed E-state index contributed by atoms with van der Waals surface area (Å²) in [4.78, 5) is 9.67. The average molecular weight is 113 g/mol. The molecule has 3 nitrogen and oxygen atoms in total. The van der Waals surface area contributed by atoms with Crippen LogP contribution in [0.3, 0.4) is 0 Å². The first-order valence-corrected chi connectivity index (χ1v) is 2.13. The Labute approximate surface area is 47.5 Å². The number of carboxylic acid groups (broad SMARTS) is 1. The second-order valence-corrected chi connectivity index (χ2v) is 1.36. The average Bonchev–Trinajstić information content (AvgIpc) is 1.61. The van der Waals surface area contributed by atoms with Crippen molar-refractivity contribution in [1.29, 1.82) is 0 Å². The number of hydrogen-bond acceptors (Lipinski definition) is 2. The molecule has 0 aromatic heterocycles. The fraction of sp³-hybridized carbons (Fsp3) is 0.400. The minimum atomic E-state index is -1.14. The van der Waals surface area contributed by atoms with Gasteiger partial charge in [0.1, 0.15) is 0 Å². The zero-order valence-corrected chi connectivity index (χ0v) is 4.51. The molecule has 0 heterocycles. The molecular formula is C5H7NO2. The second kappa shape index (κ2) is 3.05. The van der Waals surface area contributed by atoms with Crippen molar-refractivity contribution in [2.45, 2.75) is 13.0 Å². The SMILES string of the molecule is C[C@H](N)C#CC(=O)O. The summed E-state index contributed by atoms with van der Waals surface area (Å²) < 4.78 is 0. The van der Waals surface area contributed by atoms with Gasteiger partial charge in [-0.15, -0.1) is 0 Å². The monoisotopic (exact) mass is 113 g/mol. The summed E-state index contributed by atoms with van der Waals surface area (Å²) in [7, 11) is 0. The minimum Gasteiger partial charge on any atom is -0.472 e. The van der Waals surface area contributed by atoms with E-state index >= 15 is 0 Å². The molecule has 0 aromatic rings. The number of hydrogen-bond donors (Lipinski definition) is 2. The number of aliphatic carboxylic acids is 1. The molecule has 0 spiro atoms. The maximum Gasteiger partial charge on any atom is 0.381 e. The smallest absolute Gasteiger partial charge is 0.381 e. The Kier molecular flexibility index (Phi) is 2.67. The van der Waals surface area contributed by atoms with Gasteiger partial charge in [0.25, 0.3) is 0 Å². The number of nitrogens with two attached hydrogens (primary N) is 1. The van der Waals surface area contributed by atoms with E-state index in [0.717, 1.165) is 0 Å². The predicted octanol–water partition coefficient (Wildman–Crippen LogP) is -0.578.